The average Bonchev–Trinajstić information content (AvgIpc) is 3.18. The number of nitrogens with zero attached hydrogens (tertiary/aromatic N) is 2. The van der Waals surface area contributed by atoms with Crippen molar-refractivity contribution in [1.82, 2.24) is 9.78 Å². The Labute approximate surface area is 170 Å². The van der Waals surface area contributed by atoms with Crippen LogP contribution in [0, 0.1) is 0 Å². The number of alkyl halides is 3. The molecule has 0 unspecified atom stereocenters. The van der Waals surface area contributed by atoms with Crippen LogP contribution in [0.2, 0.25) is 0 Å². The van der Waals surface area contributed by atoms with Crippen molar-refractivity contribution in [2.45, 2.75) is 6.18 Å². The first-order valence-corrected chi connectivity index (χ1v) is 9.02. The zero-order chi connectivity index (χ0) is 21.1. The molecule has 30 heavy (non-hydrogen) atoms. The first kappa shape index (κ1) is 19.4. The van der Waals surface area contributed by atoms with Crippen LogP contribution in [0.1, 0.15) is 15.9 Å². The normalized spacial score (nSPS) is 11.3. The van der Waals surface area contributed by atoms with Crippen LogP contribution >= 0.6 is 0 Å². The quantitative estimate of drug-likeness (QED) is 0.402. The lowest BCUT2D eigenvalue weighted by atomic mass is 10.1. The van der Waals surface area contributed by atoms with Gasteiger partial charge < -0.3 is 4.74 Å². The smallest absolute Gasteiger partial charge is 0.404 e. The second-order valence-corrected chi connectivity index (χ2v) is 6.45. The summed E-state index contributed by atoms with van der Waals surface area (Å²) in [6.07, 6.45) is -4.55. The lowest BCUT2D eigenvalue weighted by Crippen LogP contribution is -2.13. The molecule has 3 aromatic carbocycles. The van der Waals surface area contributed by atoms with E-state index in [0.717, 1.165) is 17.7 Å². The van der Waals surface area contributed by atoms with E-state index >= 15 is 0 Å². The summed E-state index contributed by atoms with van der Waals surface area (Å²) in [6, 6.07) is 24.0. The van der Waals surface area contributed by atoms with Gasteiger partial charge >= 0.3 is 12.1 Å². The fourth-order valence-corrected chi connectivity index (χ4v) is 2.92. The van der Waals surface area contributed by atoms with Crippen LogP contribution in [0.3, 0.4) is 0 Å². The number of hydrogen-bond acceptors (Lipinski definition) is 3. The van der Waals surface area contributed by atoms with Gasteiger partial charge in [0.15, 0.2) is 0 Å². The minimum atomic E-state index is -4.55. The molecule has 1 heterocycles. The largest absolute Gasteiger partial charge is 0.416 e. The van der Waals surface area contributed by atoms with Gasteiger partial charge in [0.05, 0.1) is 22.5 Å². The van der Waals surface area contributed by atoms with Gasteiger partial charge in [0.2, 0.25) is 5.88 Å². The molecule has 0 saturated heterocycles. The average molecular weight is 408 g/mol. The standard InChI is InChI=1S/C23H15F3N2O2/c24-23(25,26)18-11-7-10-17(14-18)22(29)30-21-15-20(16-8-3-1-4-9-16)27-28(21)19-12-5-2-6-13-19/h1-15H. The Hall–Kier alpha value is -3.87. The zero-order valence-corrected chi connectivity index (χ0v) is 15.5. The van der Waals surface area contributed by atoms with Gasteiger partial charge in [-0.2, -0.15) is 18.3 Å². The minimum Gasteiger partial charge on any atom is -0.404 e. The van der Waals surface area contributed by atoms with Crippen molar-refractivity contribution < 1.29 is 22.7 Å². The second-order valence-electron chi connectivity index (χ2n) is 6.45. The number of benzene rings is 3. The van der Waals surface area contributed by atoms with Crippen LogP contribution in [-0.4, -0.2) is 15.7 Å². The Morgan fingerprint density at radius 1 is 0.833 bits per heavy atom. The SMILES string of the molecule is O=C(Oc1cc(-c2ccccc2)nn1-c1ccccc1)c1cccc(C(F)(F)F)c1. The number of halogens is 3. The second kappa shape index (κ2) is 7.87. The van der Waals surface area contributed by atoms with Gasteiger partial charge in [0.25, 0.3) is 0 Å². The Bertz CT molecular complexity index is 1170. The van der Waals surface area contributed by atoms with Crippen LogP contribution in [0.4, 0.5) is 13.2 Å². The van der Waals surface area contributed by atoms with Crippen molar-refractivity contribution >= 4 is 5.97 Å². The van der Waals surface area contributed by atoms with Crippen molar-refractivity contribution in [3.63, 3.8) is 0 Å². The van der Waals surface area contributed by atoms with Crippen LogP contribution in [-0.2, 0) is 6.18 Å². The zero-order valence-electron chi connectivity index (χ0n) is 15.5. The highest BCUT2D eigenvalue weighted by Crippen LogP contribution is 2.30. The number of para-hydroxylation sites is 1. The summed E-state index contributed by atoms with van der Waals surface area (Å²) in [7, 11) is 0. The van der Waals surface area contributed by atoms with Crippen molar-refractivity contribution in [2.24, 2.45) is 0 Å². The van der Waals surface area contributed by atoms with E-state index in [2.05, 4.69) is 5.10 Å². The number of hydrogen-bond donors (Lipinski definition) is 0. The Morgan fingerprint density at radius 2 is 1.50 bits per heavy atom. The van der Waals surface area contributed by atoms with E-state index in [0.29, 0.717) is 11.4 Å². The van der Waals surface area contributed by atoms with Crippen LogP contribution in [0.15, 0.2) is 91.0 Å². The molecule has 1 aromatic heterocycles. The molecule has 0 aliphatic carbocycles. The first-order valence-electron chi connectivity index (χ1n) is 9.02. The minimum absolute atomic E-state index is 0.0995. The number of carbonyl (C=O) groups is 1. The maximum Gasteiger partial charge on any atom is 0.416 e. The van der Waals surface area contributed by atoms with Crippen LogP contribution < -0.4 is 4.74 Å². The molecule has 0 aliphatic rings. The van der Waals surface area contributed by atoms with Crippen molar-refractivity contribution in [1.29, 1.82) is 0 Å². The fourth-order valence-electron chi connectivity index (χ4n) is 2.92. The molecule has 0 N–H and O–H groups in total. The molecule has 0 fully saturated rings. The van der Waals surface area contributed by atoms with E-state index in [1.165, 1.54) is 16.8 Å². The molecule has 0 saturated carbocycles. The predicted molar refractivity (Wildman–Crippen MR) is 105 cm³/mol. The molecule has 0 radical (unpaired) electrons. The van der Waals surface area contributed by atoms with Crippen LogP contribution in [0.25, 0.3) is 16.9 Å². The summed E-state index contributed by atoms with van der Waals surface area (Å²) in [5.74, 6) is -0.805. The summed E-state index contributed by atoms with van der Waals surface area (Å²) < 4.78 is 45.8. The number of esters is 1. The van der Waals surface area contributed by atoms with E-state index in [9.17, 15) is 18.0 Å². The Balaban J connectivity index is 1.71. The van der Waals surface area contributed by atoms with E-state index < -0.39 is 17.7 Å². The molecule has 4 nitrogen and oxygen atoms in total. The van der Waals surface area contributed by atoms with Gasteiger partial charge in [-0.25, -0.2) is 9.48 Å². The highest BCUT2D eigenvalue weighted by Gasteiger charge is 2.31. The Morgan fingerprint density at radius 3 is 2.17 bits per heavy atom. The summed E-state index contributed by atoms with van der Waals surface area (Å²) >= 11 is 0. The highest BCUT2D eigenvalue weighted by atomic mass is 19.4. The van der Waals surface area contributed by atoms with E-state index in [1.807, 2.05) is 36.4 Å². The van der Waals surface area contributed by atoms with Crippen molar-refractivity contribution in [3.05, 3.63) is 102 Å². The highest BCUT2D eigenvalue weighted by molar-refractivity contribution is 5.91. The number of rotatable bonds is 4. The molecule has 7 heteroatoms. The summed E-state index contributed by atoms with van der Waals surface area (Å²) in [6.45, 7) is 0. The lowest BCUT2D eigenvalue weighted by molar-refractivity contribution is -0.137. The summed E-state index contributed by atoms with van der Waals surface area (Å²) in [5.41, 5.74) is 0.895. The number of aromatic nitrogens is 2. The third-order valence-electron chi connectivity index (χ3n) is 4.37. The third-order valence-corrected chi connectivity index (χ3v) is 4.37. The number of carbonyl (C=O) groups excluding carboxylic acids is 1. The molecular formula is C23H15F3N2O2. The maximum absolute atomic E-state index is 13.0. The topological polar surface area (TPSA) is 44.1 Å². The van der Waals surface area contributed by atoms with E-state index in [1.54, 1.807) is 30.3 Å². The molecule has 0 atom stereocenters. The molecule has 0 aliphatic heterocycles. The van der Waals surface area contributed by atoms with Crippen molar-refractivity contribution in [2.75, 3.05) is 0 Å². The third kappa shape index (κ3) is 4.10. The monoisotopic (exact) mass is 408 g/mol. The molecule has 0 bridgehead atoms. The molecular weight excluding hydrogens is 393 g/mol. The molecule has 4 aromatic rings. The van der Waals surface area contributed by atoms with Gasteiger partial charge in [0.1, 0.15) is 0 Å². The maximum atomic E-state index is 13.0. The van der Waals surface area contributed by atoms with E-state index in [-0.39, 0.29) is 11.4 Å². The van der Waals surface area contributed by atoms with Gasteiger partial charge in [-0.15, -0.1) is 0 Å². The van der Waals surface area contributed by atoms with Crippen molar-refractivity contribution in [3.8, 4) is 22.8 Å². The molecule has 4 rings (SSSR count). The van der Waals surface area contributed by atoms with Gasteiger partial charge in [-0.05, 0) is 30.3 Å². The molecule has 0 spiro atoms. The summed E-state index contributed by atoms with van der Waals surface area (Å²) in [5, 5.41) is 4.51. The molecule has 0 amide bonds. The molecule has 150 valence electrons. The van der Waals surface area contributed by atoms with Gasteiger partial charge in [-0.1, -0.05) is 54.6 Å². The van der Waals surface area contributed by atoms with E-state index in [4.69, 9.17) is 4.74 Å². The number of ether oxygens (including phenoxy) is 1. The van der Waals surface area contributed by atoms with Gasteiger partial charge in [0, 0.05) is 11.6 Å². The van der Waals surface area contributed by atoms with Gasteiger partial charge in [-0.3, -0.25) is 0 Å². The van der Waals surface area contributed by atoms with Crippen LogP contribution in [0.5, 0.6) is 5.88 Å². The predicted octanol–water partition coefficient (Wildman–Crippen LogP) is 5.78. The first-order chi connectivity index (χ1) is 14.4. The fraction of sp³-hybridized carbons (Fsp3) is 0.0435. The Kier molecular flexibility index (Phi) is 5.10. The summed E-state index contributed by atoms with van der Waals surface area (Å²) in [4.78, 5) is 12.6. The lowest BCUT2D eigenvalue weighted by Gasteiger charge is -2.10.